The predicted octanol–water partition coefficient (Wildman–Crippen LogP) is 8.65. The number of benzene rings is 5. The smallest absolute Gasteiger partial charge is 0.141 e. The average molecular weight is 497 g/mol. The zero-order valence-electron chi connectivity index (χ0n) is 21.3. The van der Waals surface area contributed by atoms with Gasteiger partial charge in [0.25, 0.3) is 0 Å². The van der Waals surface area contributed by atoms with Crippen molar-refractivity contribution in [2.75, 3.05) is 0 Å². The van der Waals surface area contributed by atoms with E-state index in [1.807, 2.05) is 12.1 Å². The van der Waals surface area contributed by atoms with E-state index in [1.165, 1.54) is 33.4 Å². The number of pyridine rings is 1. The van der Waals surface area contributed by atoms with Crippen LogP contribution in [0.15, 0.2) is 146 Å². The molecule has 0 saturated heterocycles. The Hall–Kier alpha value is -5.26. The summed E-state index contributed by atoms with van der Waals surface area (Å²) >= 11 is 0. The topological polar surface area (TPSA) is 36.7 Å². The maximum absolute atomic E-state index is 9.33. The fraction of sp³-hybridized carbons (Fsp3) is 0.0270. The van der Waals surface area contributed by atoms with Crippen LogP contribution in [0.5, 0.6) is 0 Å². The highest BCUT2D eigenvalue weighted by Gasteiger charge is 2.45. The minimum Gasteiger partial charge on any atom is -0.246 e. The Balaban J connectivity index is 1.47. The summed E-state index contributed by atoms with van der Waals surface area (Å²) in [6, 6.07) is 51.9. The zero-order chi connectivity index (χ0) is 26.2. The SMILES string of the molecule is N#Cc1cc(-c2cccc(-c3ccc4c(c3)C(c3ccccc3)(c3ccccc3)c3ccccc3-4)c2)ccn1. The number of hydrogen-bond acceptors (Lipinski definition) is 2. The van der Waals surface area contributed by atoms with Gasteiger partial charge in [-0.2, -0.15) is 5.26 Å². The first kappa shape index (κ1) is 22.9. The van der Waals surface area contributed by atoms with Crippen LogP contribution in [0.25, 0.3) is 33.4 Å². The standard InChI is InChI=1S/C37H24N2/c38-25-32-23-29(20-21-39-32)27-11-9-10-26(22-27)28-18-19-34-33-16-7-8-17-35(33)37(36(34)24-28,30-12-3-1-4-13-30)31-14-5-2-6-15-31/h1-24H. The highest BCUT2D eigenvalue weighted by atomic mass is 14.7. The van der Waals surface area contributed by atoms with Crippen LogP contribution in [-0.2, 0) is 5.41 Å². The van der Waals surface area contributed by atoms with Gasteiger partial charge in [-0.1, -0.05) is 115 Å². The summed E-state index contributed by atoms with van der Waals surface area (Å²) < 4.78 is 0. The van der Waals surface area contributed by atoms with Crippen molar-refractivity contribution in [2.24, 2.45) is 0 Å². The molecule has 0 spiro atoms. The number of aromatic nitrogens is 1. The molecule has 0 atom stereocenters. The van der Waals surface area contributed by atoms with Crippen LogP contribution in [0.2, 0.25) is 0 Å². The predicted molar refractivity (Wildman–Crippen MR) is 157 cm³/mol. The van der Waals surface area contributed by atoms with Crippen LogP contribution in [0.4, 0.5) is 0 Å². The highest BCUT2D eigenvalue weighted by molar-refractivity contribution is 5.88. The van der Waals surface area contributed by atoms with Crippen molar-refractivity contribution in [1.29, 1.82) is 5.26 Å². The fourth-order valence-corrected chi connectivity index (χ4v) is 6.17. The third-order valence-electron chi connectivity index (χ3n) is 7.86. The van der Waals surface area contributed by atoms with Crippen molar-refractivity contribution >= 4 is 0 Å². The number of nitrogens with zero attached hydrogens (tertiary/aromatic N) is 2. The molecule has 0 aliphatic heterocycles. The Kier molecular flexibility index (Phi) is 5.43. The second-order valence-corrected chi connectivity index (χ2v) is 9.91. The van der Waals surface area contributed by atoms with Crippen LogP contribution < -0.4 is 0 Å². The summed E-state index contributed by atoms with van der Waals surface area (Å²) in [5.41, 5.74) is 12.0. The molecule has 0 N–H and O–H groups in total. The monoisotopic (exact) mass is 496 g/mol. The molecule has 6 aromatic rings. The van der Waals surface area contributed by atoms with Crippen molar-refractivity contribution < 1.29 is 0 Å². The Morgan fingerprint density at radius 3 is 1.77 bits per heavy atom. The summed E-state index contributed by atoms with van der Waals surface area (Å²) in [6.45, 7) is 0. The van der Waals surface area contributed by atoms with Gasteiger partial charge >= 0.3 is 0 Å². The first-order valence-corrected chi connectivity index (χ1v) is 13.1. The minimum atomic E-state index is -0.422. The van der Waals surface area contributed by atoms with Gasteiger partial charge in [-0.15, -0.1) is 0 Å². The molecule has 2 heteroatoms. The molecule has 182 valence electrons. The second kappa shape index (κ2) is 9.24. The van der Waals surface area contributed by atoms with Gasteiger partial charge in [0.2, 0.25) is 0 Å². The van der Waals surface area contributed by atoms with Crippen molar-refractivity contribution in [3.05, 3.63) is 174 Å². The molecule has 0 radical (unpaired) electrons. The Morgan fingerprint density at radius 1 is 0.487 bits per heavy atom. The van der Waals surface area contributed by atoms with E-state index in [2.05, 4.69) is 138 Å². The Morgan fingerprint density at radius 2 is 1.08 bits per heavy atom. The minimum absolute atomic E-state index is 0.420. The number of rotatable bonds is 4. The van der Waals surface area contributed by atoms with Gasteiger partial charge in [-0.05, 0) is 79.9 Å². The third-order valence-corrected chi connectivity index (χ3v) is 7.86. The molecular weight excluding hydrogens is 472 g/mol. The van der Waals surface area contributed by atoms with Gasteiger partial charge in [0.1, 0.15) is 11.8 Å². The second-order valence-electron chi connectivity index (χ2n) is 9.91. The molecule has 7 rings (SSSR count). The highest BCUT2D eigenvalue weighted by Crippen LogP contribution is 2.56. The lowest BCUT2D eigenvalue weighted by molar-refractivity contribution is 0.769. The molecule has 5 aromatic carbocycles. The van der Waals surface area contributed by atoms with Crippen LogP contribution in [0.1, 0.15) is 27.9 Å². The van der Waals surface area contributed by atoms with Crippen LogP contribution in [0.3, 0.4) is 0 Å². The normalized spacial score (nSPS) is 12.8. The molecular formula is C37H24N2. The number of fused-ring (bicyclic) bond motifs is 3. The lowest BCUT2D eigenvalue weighted by atomic mass is 9.67. The fourth-order valence-electron chi connectivity index (χ4n) is 6.17. The molecule has 1 heterocycles. The molecule has 0 amide bonds. The largest absolute Gasteiger partial charge is 0.246 e. The third kappa shape index (κ3) is 3.60. The van der Waals surface area contributed by atoms with Gasteiger partial charge in [-0.3, -0.25) is 0 Å². The van der Waals surface area contributed by atoms with Crippen LogP contribution in [-0.4, -0.2) is 4.98 Å². The molecule has 39 heavy (non-hydrogen) atoms. The maximum atomic E-state index is 9.33. The number of hydrogen-bond donors (Lipinski definition) is 0. The van der Waals surface area contributed by atoms with E-state index >= 15 is 0 Å². The van der Waals surface area contributed by atoms with Gasteiger partial charge in [0.15, 0.2) is 0 Å². The van der Waals surface area contributed by atoms with Crippen molar-refractivity contribution in [1.82, 2.24) is 4.98 Å². The number of nitriles is 1. The Labute approximate surface area is 228 Å². The molecule has 0 saturated carbocycles. The molecule has 1 aliphatic carbocycles. The average Bonchev–Trinajstić information content (AvgIpc) is 3.32. The van der Waals surface area contributed by atoms with Gasteiger partial charge in [0, 0.05) is 6.20 Å². The Bertz CT molecular complexity index is 1820. The first-order valence-electron chi connectivity index (χ1n) is 13.1. The van der Waals surface area contributed by atoms with E-state index in [9.17, 15) is 5.26 Å². The molecule has 2 nitrogen and oxygen atoms in total. The summed E-state index contributed by atoms with van der Waals surface area (Å²) in [6.07, 6.45) is 1.70. The lowest BCUT2D eigenvalue weighted by Crippen LogP contribution is -2.28. The quantitative estimate of drug-likeness (QED) is 0.244. The van der Waals surface area contributed by atoms with Gasteiger partial charge in [0.05, 0.1) is 5.41 Å². The van der Waals surface area contributed by atoms with E-state index in [-0.39, 0.29) is 0 Å². The van der Waals surface area contributed by atoms with Gasteiger partial charge in [-0.25, -0.2) is 4.98 Å². The summed E-state index contributed by atoms with van der Waals surface area (Å²) in [5.74, 6) is 0. The molecule has 1 aromatic heterocycles. The van der Waals surface area contributed by atoms with E-state index in [4.69, 9.17) is 0 Å². The van der Waals surface area contributed by atoms with E-state index < -0.39 is 5.41 Å². The summed E-state index contributed by atoms with van der Waals surface area (Å²) in [5, 5.41) is 9.33. The lowest BCUT2D eigenvalue weighted by Gasteiger charge is -2.34. The van der Waals surface area contributed by atoms with Crippen LogP contribution >= 0.6 is 0 Å². The zero-order valence-corrected chi connectivity index (χ0v) is 21.3. The van der Waals surface area contributed by atoms with Gasteiger partial charge < -0.3 is 0 Å². The van der Waals surface area contributed by atoms with Crippen molar-refractivity contribution in [3.63, 3.8) is 0 Å². The van der Waals surface area contributed by atoms with Crippen molar-refractivity contribution in [2.45, 2.75) is 5.41 Å². The van der Waals surface area contributed by atoms with E-state index in [0.717, 1.165) is 22.3 Å². The molecule has 0 bridgehead atoms. The maximum Gasteiger partial charge on any atom is 0.141 e. The summed E-state index contributed by atoms with van der Waals surface area (Å²) in [4.78, 5) is 4.14. The molecule has 1 aliphatic rings. The summed E-state index contributed by atoms with van der Waals surface area (Å²) in [7, 11) is 0. The van der Waals surface area contributed by atoms with E-state index in [0.29, 0.717) is 5.69 Å². The first-order chi connectivity index (χ1) is 19.3. The van der Waals surface area contributed by atoms with Crippen LogP contribution in [0, 0.1) is 11.3 Å². The molecule has 0 fully saturated rings. The molecule has 0 unspecified atom stereocenters. The van der Waals surface area contributed by atoms with E-state index in [1.54, 1.807) is 6.20 Å². The van der Waals surface area contributed by atoms with Crippen molar-refractivity contribution in [3.8, 4) is 39.4 Å².